The number of para-hydroxylation sites is 3. The van der Waals surface area contributed by atoms with Gasteiger partial charge in [0.15, 0.2) is 5.58 Å². The number of nitrogens with zero attached hydrogens (tertiary/aromatic N) is 2. The average molecular weight is 829 g/mol. The van der Waals surface area contributed by atoms with E-state index in [9.17, 15) is 0 Å². The predicted octanol–water partition coefficient (Wildman–Crippen LogP) is 17.0. The molecule has 0 unspecified atom stereocenters. The Labute approximate surface area is 376 Å². The maximum Gasteiger partial charge on any atom is 0.161 e. The van der Waals surface area contributed by atoms with Crippen molar-refractivity contribution < 1.29 is 4.42 Å². The zero-order chi connectivity index (χ0) is 42.8. The van der Waals surface area contributed by atoms with Crippen molar-refractivity contribution in [2.45, 2.75) is 0 Å². The Hall–Kier alpha value is -8.66. The molecule has 10 aromatic carbocycles. The van der Waals surface area contributed by atoms with Gasteiger partial charge in [0, 0.05) is 21.5 Å². The van der Waals surface area contributed by atoms with Gasteiger partial charge in [-0.25, -0.2) is 0 Å². The minimum atomic E-state index is 0.874. The summed E-state index contributed by atoms with van der Waals surface area (Å²) in [5, 5.41) is 4.55. The maximum absolute atomic E-state index is 6.80. The van der Waals surface area contributed by atoms with Gasteiger partial charge in [-0.3, -0.25) is 0 Å². The largest absolute Gasteiger partial charge is 0.454 e. The molecule has 3 heteroatoms. The number of benzene rings is 10. The summed E-state index contributed by atoms with van der Waals surface area (Å²) in [5.74, 6) is 0. The van der Waals surface area contributed by atoms with E-state index in [1.165, 1.54) is 60.8 Å². The van der Waals surface area contributed by atoms with Gasteiger partial charge in [0.1, 0.15) is 11.1 Å². The summed E-state index contributed by atoms with van der Waals surface area (Å²) < 4.78 is 11.7. The van der Waals surface area contributed by atoms with Crippen molar-refractivity contribution in [3.63, 3.8) is 0 Å². The third kappa shape index (κ3) is 5.97. The summed E-state index contributed by atoms with van der Waals surface area (Å²) in [6.45, 7) is 0. The fourth-order valence-electron chi connectivity index (χ4n) is 10.2. The fourth-order valence-corrected chi connectivity index (χ4v) is 10.2. The van der Waals surface area contributed by atoms with Gasteiger partial charge in [0.25, 0.3) is 0 Å². The Balaban J connectivity index is 1.09. The summed E-state index contributed by atoms with van der Waals surface area (Å²) in [5.41, 5.74) is 20.3. The van der Waals surface area contributed by atoms with Crippen LogP contribution < -0.4 is 0 Å². The maximum atomic E-state index is 6.80. The molecule has 304 valence electrons. The topological polar surface area (TPSA) is 23.0 Å². The fraction of sp³-hybridized carbons (Fsp3) is 0. The molecule has 13 aromatic rings. The third-order valence-electron chi connectivity index (χ3n) is 13.2. The van der Waals surface area contributed by atoms with Gasteiger partial charge >= 0.3 is 0 Å². The Bertz CT molecular complexity index is 3790. The van der Waals surface area contributed by atoms with E-state index in [0.29, 0.717) is 0 Å². The molecule has 0 spiro atoms. The van der Waals surface area contributed by atoms with Gasteiger partial charge < -0.3 is 13.6 Å². The zero-order valence-electron chi connectivity index (χ0n) is 35.4. The molecule has 0 aliphatic heterocycles. The summed E-state index contributed by atoms with van der Waals surface area (Å²) >= 11 is 0. The number of rotatable bonds is 7. The Kier molecular flexibility index (Phi) is 8.53. The van der Waals surface area contributed by atoms with Crippen LogP contribution in [0.1, 0.15) is 0 Å². The summed E-state index contributed by atoms with van der Waals surface area (Å²) in [7, 11) is 0. The highest BCUT2D eigenvalue weighted by Gasteiger charge is 2.24. The van der Waals surface area contributed by atoms with Crippen LogP contribution in [0, 0.1) is 0 Å². The predicted molar refractivity (Wildman–Crippen MR) is 272 cm³/mol. The van der Waals surface area contributed by atoms with Gasteiger partial charge in [0.2, 0.25) is 0 Å². The number of fused-ring (bicyclic) bond motifs is 8. The van der Waals surface area contributed by atoms with Crippen LogP contribution in [0.4, 0.5) is 0 Å². The molecule has 0 aliphatic carbocycles. The number of hydrogen-bond acceptors (Lipinski definition) is 1. The van der Waals surface area contributed by atoms with Crippen molar-refractivity contribution in [1.82, 2.24) is 9.13 Å². The third-order valence-corrected chi connectivity index (χ3v) is 13.2. The molecule has 0 radical (unpaired) electrons. The average Bonchev–Trinajstić information content (AvgIpc) is 4.03. The monoisotopic (exact) mass is 828 g/mol. The standard InChI is InChI=1S/C62H40N2O/c1-4-18-41(19-5-1)44-32-35-57-54(38-44)62-61(51-28-14-17-31-60(51)65-62)64(57)59-30-16-15-29-58(59)63-55-36-33-45(49-26-12-10-24-47(49)42-20-6-2-7-21-42)39-52(55)53-40-46(34-37-56(53)63)50-27-13-11-25-48(50)43-22-8-3-9-23-43/h1-40H. The van der Waals surface area contributed by atoms with E-state index in [2.05, 4.69) is 252 Å². The minimum absolute atomic E-state index is 0.874. The van der Waals surface area contributed by atoms with Crippen molar-refractivity contribution in [2.75, 3.05) is 0 Å². The van der Waals surface area contributed by atoms with Crippen LogP contribution in [0.5, 0.6) is 0 Å². The van der Waals surface area contributed by atoms with Crippen LogP contribution in [0.3, 0.4) is 0 Å². The normalized spacial score (nSPS) is 11.7. The second kappa shape index (κ2) is 15.0. The van der Waals surface area contributed by atoms with E-state index in [1.54, 1.807) is 0 Å². The van der Waals surface area contributed by atoms with Crippen molar-refractivity contribution in [1.29, 1.82) is 0 Å². The smallest absolute Gasteiger partial charge is 0.161 e. The van der Waals surface area contributed by atoms with Gasteiger partial charge in [-0.05, 0) is 116 Å². The molecule has 3 nitrogen and oxygen atoms in total. The SMILES string of the molecule is c1ccc(-c2ccc3c(c2)c2oc4ccccc4c2n3-c2ccccc2-n2c3ccc(-c4ccccc4-c4ccccc4)cc3c3cc(-c4ccccc4-c4ccccc4)ccc32)cc1. The second-order valence-electron chi connectivity index (χ2n) is 16.8. The highest BCUT2D eigenvalue weighted by atomic mass is 16.3. The van der Waals surface area contributed by atoms with Gasteiger partial charge in [-0.15, -0.1) is 0 Å². The molecular weight excluding hydrogens is 789 g/mol. The van der Waals surface area contributed by atoms with E-state index >= 15 is 0 Å². The first-order valence-corrected chi connectivity index (χ1v) is 22.3. The molecule has 13 rings (SSSR count). The lowest BCUT2D eigenvalue weighted by atomic mass is 9.92. The molecule has 3 heterocycles. The first-order chi connectivity index (χ1) is 32.3. The number of furan rings is 1. The van der Waals surface area contributed by atoms with Crippen LogP contribution in [0.15, 0.2) is 247 Å². The Morgan fingerprint density at radius 1 is 0.262 bits per heavy atom. The number of aromatic nitrogens is 2. The Morgan fingerprint density at radius 2 is 0.662 bits per heavy atom. The summed E-state index contributed by atoms with van der Waals surface area (Å²) in [6, 6.07) is 87.7. The zero-order valence-corrected chi connectivity index (χ0v) is 35.4. The van der Waals surface area contributed by atoms with Crippen LogP contribution in [0.25, 0.3) is 122 Å². The minimum Gasteiger partial charge on any atom is -0.454 e. The molecule has 0 N–H and O–H groups in total. The van der Waals surface area contributed by atoms with Crippen molar-refractivity contribution in [2.24, 2.45) is 0 Å². The van der Waals surface area contributed by atoms with E-state index in [-0.39, 0.29) is 0 Å². The lowest BCUT2D eigenvalue weighted by molar-refractivity contribution is 0.673. The highest BCUT2D eigenvalue weighted by Crippen LogP contribution is 2.45. The molecule has 0 aliphatic rings. The van der Waals surface area contributed by atoms with Crippen LogP contribution >= 0.6 is 0 Å². The molecule has 65 heavy (non-hydrogen) atoms. The highest BCUT2D eigenvalue weighted by molar-refractivity contribution is 6.18. The van der Waals surface area contributed by atoms with E-state index in [4.69, 9.17) is 4.42 Å². The van der Waals surface area contributed by atoms with Gasteiger partial charge in [0.05, 0.1) is 27.9 Å². The quantitative estimate of drug-likeness (QED) is 0.157. The number of hydrogen-bond donors (Lipinski definition) is 0. The van der Waals surface area contributed by atoms with Gasteiger partial charge in [-0.1, -0.05) is 182 Å². The Morgan fingerprint density at radius 3 is 1.22 bits per heavy atom. The van der Waals surface area contributed by atoms with Crippen molar-refractivity contribution >= 4 is 54.8 Å². The molecule has 3 aromatic heterocycles. The molecule has 0 saturated carbocycles. The molecule has 0 bridgehead atoms. The summed E-state index contributed by atoms with van der Waals surface area (Å²) in [4.78, 5) is 0. The first kappa shape index (κ1) is 36.9. The van der Waals surface area contributed by atoms with E-state index in [1.807, 2.05) is 0 Å². The lowest BCUT2D eigenvalue weighted by Gasteiger charge is -2.17. The van der Waals surface area contributed by atoms with Crippen molar-refractivity contribution in [3.05, 3.63) is 243 Å². The molecule has 0 atom stereocenters. The van der Waals surface area contributed by atoms with Gasteiger partial charge in [-0.2, -0.15) is 0 Å². The van der Waals surface area contributed by atoms with Crippen LogP contribution in [0.2, 0.25) is 0 Å². The lowest BCUT2D eigenvalue weighted by Crippen LogP contribution is -2.03. The molecule has 0 amide bonds. The molecular formula is C62H40N2O. The van der Waals surface area contributed by atoms with E-state index in [0.717, 1.165) is 60.9 Å². The van der Waals surface area contributed by atoms with Crippen molar-refractivity contribution in [3.8, 4) is 67.0 Å². The van der Waals surface area contributed by atoms with Crippen LogP contribution in [-0.4, -0.2) is 9.13 Å². The second-order valence-corrected chi connectivity index (χ2v) is 16.8. The first-order valence-electron chi connectivity index (χ1n) is 22.3. The van der Waals surface area contributed by atoms with E-state index < -0.39 is 0 Å². The molecule has 0 saturated heterocycles. The van der Waals surface area contributed by atoms with Crippen LogP contribution in [-0.2, 0) is 0 Å². The molecule has 0 fully saturated rings. The summed E-state index contributed by atoms with van der Waals surface area (Å²) in [6.07, 6.45) is 0.